The average Bonchev–Trinajstić information content (AvgIpc) is 2.83. The van der Waals surface area contributed by atoms with E-state index in [9.17, 15) is 0 Å². The van der Waals surface area contributed by atoms with Gasteiger partial charge >= 0.3 is 0 Å². The lowest BCUT2D eigenvalue weighted by Crippen LogP contribution is -2.19. The Morgan fingerprint density at radius 3 is 2.90 bits per heavy atom. The third-order valence-electron chi connectivity index (χ3n) is 2.85. The number of hydrogen-bond donors (Lipinski definition) is 1. The molecule has 2 aromatic rings. The van der Waals surface area contributed by atoms with E-state index in [1.165, 1.54) is 4.88 Å². The highest BCUT2D eigenvalue weighted by Crippen LogP contribution is 2.24. The number of anilines is 1. The normalized spacial score (nSPS) is 10.8. The summed E-state index contributed by atoms with van der Waals surface area (Å²) in [7, 11) is 2.04. The molecule has 0 atom stereocenters. The highest BCUT2D eigenvalue weighted by atomic mass is 79.9. The summed E-state index contributed by atoms with van der Waals surface area (Å²) in [6, 6.07) is 6.01. The van der Waals surface area contributed by atoms with Crippen molar-refractivity contribution in [3.63, 3.8) is 0 Å². The number of rotatable bonds is 6. The molecule has 0 fully saturated rings. The first-order valence-electron chi connectivity index (χ1n) is 6.40. The fraction of sp³-hybridized carbons (Fsp3) is 0.357. The van der Waals surface area contributed by atoms with E-state index in [-0.39, 0.29) is 0 Å². The van der Waals surface area contributed by atoms with Gasteiger partial charge < -0.3 is 10.2 Å². The van der Waals surface area contributed by atoms with E-state index in [0.29, 0.717) is 11.6 Å². The summed E-state index contributed by atoms with van der Waals surface area (Å²) in [5.41, 5.74) is 0.894. The third-order valence-corrected chi connectivity index (χ3v) is 4.88. The van der Waals surface area contributed by atoms with Crippen LogP contribution in [0.1, 0.15) is 17.5 Å². The molecule has 0 spiro atoms. The molecule has 0 aromatic carbocycles. The van der Waals surface area contributed by atoms with Crippen molar-refractivity contribution >= 4 is 44.7 Å². The largest absolute Gasteiger partial charge is 0.355 e. The molecule has 1 N–H and O–H groups in total. The first kappa shape index (κ1) is 15.8. The molecule has 0 aliphatic heterocycles. The van der Waals surface area contributed by atoms with Crippen LogP contribution >= 0.6 is 38.9 Å². The summed E-state index contributed by atoms with van der Waals surface area (Å²) >= 11 is 11.4. The van der Waals surface area contributed by atoms with Gasteiger partial charge in [0.2, 0.25) is 0 Å². The first-order valence-corrected chi connectivity index (χ1v) is 8.45. The Hall–Kier alpha value is -0.620. The number of pyridine rings is 1. The van der Waals surface area contributed by atoms with E-state index in [0.717, 1.165) is 29.1 Å². The van der Waals surface area contributed by atoms with E-state index < -0.39 is 0 Å². The quantitative estimate of drug-likeness (QED) is 0.817. The molecule has 3 nitrogen and oxygen atoms in total. The molecule has 0 aliphatic carbocycles. The van der Waals surface area contributed by atoms with Crippen LogP contribution in [0.2, 0.25) is 5.02 Å². The predicted octanol–water partition coefficient (Wildman–Crippen LogP) is 4.30. The van der Waals surface area contributed by atoms with Crippen LogP contribution in [0.4, 0.5) is 5.82 Å². The van der Waals surface area contributed by atoms with Gasteiger partial charge in [-0.1, -0.05) is 18.5 Å². The van der Waals surface area contributed by atoms with Gasteiger partial charge in [0.25, 0.3) is 0 Å². The summed E-state index contributed by atoms with van der Waals surface area (Å²) in [6.07, 6.45) is 0. The van der Waals surface area contributed by atoms with Crippen LogP contribution in [0.25, 0.3) is 0 Å². The molecule has 0 saturated heterocycles. The molecular weight excluding hydrogens is 358 g/mol. The second-order valence-corrected chi connectivity index (χ2v) is 6.78. The first-order chi connectivity index (χ1) is 9.60. The number of nitrogens with zero attached hydrogens (tertiary/aromatic N) is 2. The average molecular weight is 375 g/mol. The molecule has 2 rings (SSSR count). The van der Waals surface area contributed by atoms with Crippen molar-refractivity contribution in [2.45, 2.75) is 20.0 Å². The second kappa shape index (κ2) is 7.41. The topological polar surface area (TPSA) is 28.2 Å². The minimum atomic E-state index is 0.696. The third kappa shape index (κ3) is 4.19. The summed E-state index contributed by atoms with van der Waals surface area (Å²) in [4.78, 5) is 8.06. The Kier molecular flexibility index (Phi) is 5.84. The summed E-state index contributed by atoms with van der Waals surface area (Å²) in [5, 5.41) is 6.06. The number of thiophene rings is 1. The van der Waals surface area contributed by atoms with E-state index in [4.69, 9.17) is 11.6 Å². The van der Waals surface area contributed by atoms with Crippen LogP contribution < -0.4 is 10.2 Å². The zero-order valence-electron chi connectivity index (χ0n) is 11.5. The Morgan fingerprint density at radius 2 is 2.25 bits per heavy atom. The molecule has 0 amide bonds. The predicted molar refractivity (Wildman–Crippen MR) is 90.8 cm³/mol. The summed E-state index contributed by atoms with van der Waals surface area (Å²) in [6.45, 7) is 4.51. The fourth-order valence-corrected chi connectivity index (χ4v) is 3.48. The lowest BCUT2D eigenvalue weighted by molar-refractivity contribution is 0.709. The Morgan fingerprint density at radius 1 is 1.45 bits per heavy atom. The molecule has 108 valence electrons. The Bertz CT molecular complexity index is 573. The van der Waals surface area contributed by atoms with Crippen LogP contribution in [-0.4, -0.2) is 18.6 Å². The molecular formula is C14H17BrClN3S. The second-order valence-electron chi connectivity index (χ2n) is 4.47. The number of halogens is 2. The Balaban J connectivity index is 2.10. The number of nitrogens with one attached hydrogen (secondary N) is 1. The van der Waals surface area contributed by atoms with Crippen molar-refractivity contribution in [2.75, 3.05) is 18.5 Å². The minimum Gasteiger partial charge on any atom is -0.355 e. The van der Waals surface area contributed by atoms with Crippen LogP contribution in [-0.2, 0) is 13.1 Å². The van der Waals surface area contributed by atoms with Gasteiger partial charge in [-0.2, -0.15) is 0 Å². The van der Waals surface area contributed by atoms with Gasteiger partial charge in [-0.05, 0) is 40.7 Å². The van der Waals surface area contributed by atoms with E-state index in [1.807, 2.05) is 19.2 Å². The molecule has 0 unspecified atom stereocenters. The van der Waals surface area contributed by atoms with Crippen molar-refractivity contribution in [2.24, 2.45) is 0 Å². The van der Waals surface area contributed by atoms with Gasteiger partial charge in [0.05, 0.1) is 17.3 Å². The molecule has 0 saturated carbocycles. The van der Waals surface area contributed by atoms with E-state index >= 15 is 0 Å². The molecule has 2 heterocycles. The van der Waals surface area contributed by atoms with Crippen LogP contribution in [0.15, 0.2) is 28.1 Å². The molecule has 2 aromatic heterocycles. The van der Waals surface area contributed by atoms with Gasteiger partial charge in [0.1, 0.15) is 5.82 Å². The monoisotopic (exact) mass is 373 g/mol. The van der Waals surface area contributed by atoms with Gasteiger partial charge in [-0.15, -0.1) is 11.3 Å². The highest BCUT2D eigenvalue weighted by molar-refractivity contribution is 9.10. The summed E-state index contributed by atoms with van der Waals surface area (Å²) < 4.78 is 1.13. The number of hydrogen-bond acceptors (Lipinski definition) is 4. The van der Waals surface area contributed by atoms with Crippen molar-refractivity contribution in [1.82, 2.24) is 10.3 Å². The molecule has 0 aliphatic rings. The smallest absolute Gasteiger partial charge is 0.129 e. The van der Waals surface area contributed by atoms with Crippen LogP contribution in [0.3, 0.4) is 0 Å². The van der Waals surface area contributed by atoms with Crippen molar-refractivity contribution < 1.29 is 0 Å². The molecule has 6 heteroatoms. The maximum Gasteiger partial charge on any atom is 0.129 e. The van der Waals surface area contributed by atoms with Gasteiger partial charge in [-0.3, -0.25) is 0 Å². The minimum absolute atomic E-state index is 0.696. The zero-order chi connectivity index (χ0) is 14.5. The highest BCUT2D eigenvalue weighted by Gasteiger charge is 2.09. The van der Waals surface area contributed by atoms with Crippen molar-refractivity contribution in [3.05, 3.63) is 43.6 Å². The number of aromatic nitrogens is 1. The molecule has 0 radical (unpaired) electrons. The lowest BCUT2D eigenvalue weighted by Gasteiger charge is -2.18. The van der Waals surface area contributed by atoms with E-state index in [1.54, 1.807) is 11.3 Å². The maximum atomic E-state index is 6.18. The molecule has 20 heavy (non-hydrogen) atoms. The standard InChI is InChI=1S/C14H17BrClN3S/c1-3-17-7-13-12(16)4-5-14(18-13)19(2)8-11-6-10(15)9-20-11/h4-6,9,17H,3,7-8H2,1-2H3. The Labute approximate surface area is 137 Å². The fourth-order valence-electron chi connectivity index (χ4n) is 1.80. The van der Waals surface area contributed by atoms with Gasteiger partial charge in [0, 0.05) is 28.3 Å². The SMILES string of the molecule is CCNCc1nc(N(C)Cc2cc(Br)cs2)ccc1Cl. The lowest BCUT2D eigenvalue weighted by atomic mass is 10.3. The van der Waals surface area contributed by atoms with E-state index in [2.05, 4.69) is 49.5 Å². The zero-order valence-corrected chi connectivity index (χ0v) is 14.6. The van der Waals surface area contributed by atoms with Gasteiger partial charge in [0.15, 0.2) is 0 Å². The van der Waals surface area contributed by atoms with Crippen LogP contribution in [0.5, 0.6) is 0 Å². The van der Waals surface area contributed by atoms with Crippen LogP contribution in [0, 0.1) is 0 Å². The maximum absolute atomic E-state index is 6.18. The van der Waals surface area contributed by atoms with Crippen molar-refractivity contribution in [3.8, 4) is 0 Å². The molecule has 0 bridgehead atoms. The summed E-state index contributed by atoms with van der Waals surface area (Å²) in [5.74, 6) is 0.937. The van der Waals surface area contributed by atoms with Gasteiger partial charge in [-0.25, -0.2) is 4.98 Å². The van der Waals surface area contributed by atoms with Crippen molar-refractivity contribution in [1.29, 1.82) is 0 Å².